The monoisotopic (exact) mass is 395 g/mol. The fraction of sp³-hybridized carbons (Fsp3) is 0.176. The van der Waals surface area contributed by atoms with E-state index in [0.717, 1.165) is 4.31 Å². The molecule has 3 N–H and O–H groups in total. The molecule has 26 heavy (non-hydrogen) atoms. The molecular formula is C17H18ClN3O4S. The Morgan fingerprint density at radius 3 is 2.46 bits per heavy atom. The second-order valence-electron chi connectivity index (χ2n) is 5.63. The van der Waals surface area contributed by atoms with Crippen molar-refractivity contribution < 1.29 is 18.0 Å². The van der Waals surface area contributed by atoms with Crippen LogP contribution in [0.25, 0.3) is 0 Å². The maximum atomic E-state index is 12.6. The van der Waals surface area contributed by atoms with Crippen LogP contribution >= 0.6 is 11.6 Å². The zero-order valence-corrected chi connectivity index (χ0v) is 15.8. The van der Waals surface area contributed by atoms with Gasteiger partial charge in [0, 0.05) is 12.6 Å². The lowest BCUT2D eigenvalue weighted by Gasteiger charge is -2.18. The molecule has 0 spiro atoms. The fourth-order valence-electron chi connectivity index (χ4n) is 2.25. The van der Waals surface area contributed by atoms with Crippen molar-refractivity contribution in [1.82, 2.24) is 4.31 Å². The number of hydrogen-bond acceptors (Lipinski definition) is 4. The zero-order valence-electron chi connectivity index (χ0n) is 14.2. The van der Waals surface area contributed by atoms with Gasteiger partial charge in [-0.25, -0.2) is 8.42 Å². The van der Waals surface area contributed by atoms with Gasteiger partial charge in [0.15, 0.2) is 0 Å². The van der Waals surface area contributed by atoms with Crippen LogP contribution in [-0.4, -0.2) is 38.1 Å². The van der Waals surface area contributed by atoms with E-state index in [0.29, 0.717) is 16.3 Å². The summed E-state index contributed by atoms with van der Waals surface area (Å²) in [6, 6.07) is 10.7. The lowest BCUT2D eigenvalue weighted by Crippen LogP contribution is -2.35. The van der Waals surface area contributed by atoms with Gasteiger partial charge in [0.25, 0.3) is 0 Å². The van der Waals surface area contributed by atoms with Crippen molar-refractivity contribution in [3.8, 4) is 0 Å². The number of sulfonamides is 1. The van der Waals surface area contributed by atoms with E-state index in [1.54, 1.807) is 31.2 Å². The lowest BCUT2D eigenvalue weighted by molar-refractivity contribution is -0.116. The second-order valence-corrected chi connectivity index (χ2v) is 8.08. The predicted octanol–water partition coefficient (Wildman–Crippen LogP) is 2.01. The number of nitrogens with two attached hydrogens (primary N) is 1. The molecular weight excluding hydrogens is 378 g/mol. The van der Waals surface area contributed by atoms with Gasteiger partial charge in [0.2, 0.25) is 21.8 Å². The molecule has 0 saturated carbocycles. The van der Waals surface area contributed by atoms with E-state index in [2.05, 4.69) is 5.32 Å². The van der Waals surface area contributed by atoms with Crippen molar-refractivity contribution in [3.63, 3.8) is 0 Å². The number of carbonyl (C=O) groups is 2. The summed E-state index contributed by atoms with van der Waals surface area (Å²) in [4.78, 5) is 23.4. The van der Waals surface area contributed by atoms with Gasteiger partial charge in [-0.3, -0.25) is 9.59 Å². The molecule has 0 fully saturated rings. The second kappa shape index (κ2) is 7.86. The lowest BCUT2D eigenvalue weighted by atomic mass is 10.1. The van der Waals surface area contributed by atoms with Crippen molar-refractivity contribution in [2.45, 2.75) is 11.8 Å². The van der Waals surface area contributed by atoms with Crippen LogP contribution in [0.1, 0.15) is 15.9 Å². The maximum Gasteiger partial charge on any atom is 0.249 e. The molecule has 0 unspecified atom stereocenters. The van der Waals surface area contributed by atoms with Crippen LogP contribution < -0.4 is 11.1 Å². The molecule has 0 radical (unpaired) electrons. The molecule has 0 aromatic heterocycles. The van der Waals surface area contributed by atoms with Gasteiger partial charge in [-0.15, -0.1) is 0 Å². The summed E-state index contributed by atoms with van der Waals surface area (Å²) in [7, 11) is -2.71. The van der Waals surface area contributed by atoms with Crippen molar-refractivity contribution in [1.29, 1.82) is 0 Å². The summed E-state index contributed by atoms with van der Waals surface area (Å²) in [5.74, 6) is -1.27. The first-order valence-corrected chi connectivity index (χ1v) is 9.36. The minimum atomic E-state index is -3.98. The van der Waals surface area contributed by atoms with Gasteiger partial charge >= 0.3 is 0 Å². The third-order valence-electron chi connectivity index (χ3n) is 3.70. The van der Waals surface area contributed by atoms with Gasteiger partial charge in [-0.05, 0) is 36.8 Å². The Hall–Kier alpha value is -2.42. The quantitative estimate of drug-likeness (QED) is 0.779. The zero-order chi connectivity index (χ0) is 19.5. The molecule has 0 saturated heterocycles. The van der Waals surface area contributed by atoms with Gasteiger partial charge in [0.1, 0.15) is 0 Å². The first-order chi connectivity index (χ1) is 12.1. The summed E-state index contributed by atoms with van der Waals surface area (Å²) in [5, 5.41) is 2.90. The molecule has 2 aromatic rings. The third-order valence-corrected chi connectivity index (χ3v) is 5.83. The predicted molar refractivity (Wildman–Crippen MR) is 99.6 cm³/mol. The summed E-state index contributed by atoms with van der Waals surface area (Å²) in [6.45, 7) is 1.23. The number of amides is 2. The van der Waals surface area contributed by atoms with Crippen LogP contribution in [0.5, 0.6) is 0 Å². The Bertz CT molecular complexity index is 960. The Kier molecular flexibility index (Phi) is 6.01. The average Bonchev–Trinajstić information content (AvgIpc) is 2.56. The van der Waals surface area contributed by atoms with E-state index in [1.807, 2.05) is 0 Å². The van der Waals surface area contributed by atoms with Gasteiger partial charge in [-0.1, -0.05) is 29.8 Å². The molecule has 0 aliphatic carbocycles. The minimum absolute atomic E-state index is 0.111. The Morgan fingerprint density at radius 1 is 1.19 bits per heavy atom. The van der Waals surface area contributed by atoms with Crippen LogP contribution in [0.2, 0.25) is 5.02 Å². The molecule has 2 amide bonds. The summed E-state index contributed by atoms with van der Waals surface area (Å²) in [6.07, 6.45) is 0. The number of hydrogen-bond donors (Lipinski definition) is 2. The summed E-state index contributed by atoms with van der Waals surface area (Å²) < 4.78 is 26.2. The molecule has 0 atom stereocenters. The smallest absolute Gasteiger partial charge is 0.249 e. The fourth-order valence-corrected chi connectivity index (χ4v) is 3.58. The molecule has 0 bridgehead atoms. The number of likely N-dealkylation sites (N-methyl/N-ethyl adjacent to an activating group) is 1. The number of anilines is 1. The van der Waals surface area contributed by atoms with Gasteiger partial charge in [0.05, 0.1) is 22.2 Å². The molecule has 0 aliphatic heterocycles. The largest absolute Gasteiger partial charge is 0.366 e. The molecule has 138 valence electrons. The van der Waals surface area contributed by atoms with Gasteiger partial charge in [-0.2, -0.15) is 4.31 Å². The molecule has 7 nitrogen and oxygen atoms in total. The van der Waals surface area contributed by atoms with Crippen molar-refractivity contribution in [2.24, 2.45) is 5.73 Å². The van der Waals surface area contributed by atoms with Crippen LogP contribution in [-0.2, 0) is 14.8 Å². The number of rotatable bonds is 6. The van der Waals surface area contributed by atoms with Crippen LogP contribution in [0, 0.1) is 6.92 Å². The van der Waals surface area contributed by atoms with Crippen LogP contribution in [0.15, 0.2) is 47.4 Å². The molecule has 9 heteroatoms. The van der Waals surface area contributed by atoms with E-state index in [-0.39, 0.29) is 10.5 Å². The number of nitrogens with one attached hydrogen (secondary N) is 1. The van der Waals surface area contributed by atoms with Crippen molar-refractivity contribution in [2.75, 3.05) is 18.9 Å². The highest BCUT2D eigenvalue weighted by Crippen LogP contribution is 2.21. The molecule has 0 aliphatic rings. The van der Waals surface area contributed by atoms with Gasteiger partial charge < -0.3 is 11.1 Å². The standard InChI is InChI=1S/C17H18ClN3O4S/c1-11-7-8-12(9-13(11)17(19)23)26(24,25)21(2)10-16(22)20-15-6-4-3-5-14(15)18/h3-9H,10H2,1-2H3,(H2,19,23)(H,20,22). The minimum Gasteiger partial charge on any atom is -0.366 e. The number of primary amides is 1. The number of benzene rings is 2. The van der Waals surface area contributed by atoms with Crippen molar-refractivity contribution >= 4 is 39.1 Å². The Morgan fingerprint density at radius 2 is 1.85 bits per heavy atom. The van der Waals surface area contributed by atoms with E-state index >= 15 is 0 Å². The van der Waals surface area contributed by atoms with Crippen LogP contribution in [0.4, 0.5) is 5.69 Å². The number of aryl methyl sites for hydroxylation is 1. The number of nitrogens with zero attached hydrogens (tertiary/aromatic N) is 1. The molecule has 2 aromatic carbocycles. The molecule has 0 heterocycles. The highest BCUT2D eigenvalue weighted by Gasteiger charge is 2.24. The Balaban J connectivity index is 2.19. The maximum absolute atomic E-state index is 12.6. The summed E-state index contributed by atoms with van der Waals surface area (Å²) >= 11 is 5.96. The third kappa shape index (κ3) is 4.40. The highest BCUT2D eigenvalue weighted by molar-refractivity contribution is 7.89. The normalized spacial score (nSPS) is 11.4. The van der Waals surface area contributed by atoms with Crippen LogP contribution in [0.3, 0.4) is 0 Å². The number of halogens is 1. The molecule has 2 rings (SSSR count). The van der Waals surface area contributed by atoms with E-state index in [4.69, 9.17) is 17.3 Å². The van der Waals surface area contributed by atoms with E-state index in [1.165, 1.54) is 25.2 Å². The summed E-state index contributed by atoms with van der Waals surface area (Å²) in [5.41, 5.74) is 6.32. The number of carbonyl (C=O) groups excluding carboxylic acids is 2. The van der Waals surface area contributed by atoms with E-state index in [9.17, 15) is 18.0 Å². The SMILES string of the molecule is Cc1ccc(S(=O)(=O)N(C)CC(=O)Nc2ccccc2Cl)cc1C(N)=O. The van der Waals surface area contributed by atoms with Crippen molar-refractivity contribution in [3.05, 3.63) is 58.6 Å². The first kappa shape index (κ1) is 19.9. The highest BCUT2D eigenvalue weighted by atomic mass is 35.5. The average molecular weight is 396 g/mol. The number of para-hydroxylation sites is 1. The topological polar surface area (TPSA) is 110 Å². The first-order valence-electron chi connectivity index (χ1n) is 7.54. The Labute approximate surface area is 156 Å². The van der Waals surface area contributed by atoms with E-state index < -0.39 is 28.4 Å².